The minimum absolute atomic E-state index is 0.236. The number of fused-ring (bicyclic) bond motifs is 1. The Balaban J connectivity index is 1.15. The molecule has 2 heterocycles. The maximum Gasteiger partial charge on any atom is 0.133 e. The Hall–Kier alpha value is -1.39. The number of rotatable bonds is 5. The number of nitrogens with zero attached hydrogens (tertiary/aromatic N) is 1. The number of likely N-dealkylation sites (tertiary alicyclic amines) is 1. The lowest BCUT2D eigenvalue weighted by molar-refractivity contribution is 0.0219. The van der Waals surface area contributed by atoms with Crippen molar-refractivity contribution in [2.75, 3.05) is 13.1 Å². The summed E-state index contributed by atoms with van der Waals surface area (Å²) in [5, 5.41) is 0.506. The van der Waals surface area contributed by atoms with Crippen molar-refractivity contribution < 1.29 is 9.47 Å². The highest BCUT2D eigenvalue weighted by Gasteiger charge is 2.35. The topological polar surface area (TPSA) is 21.7 Å². The van der Waals surface area contributed by atoms with Crippen molar-refractivity contribution in [1.82, 2.24) is 4.90 Å². The van der Waals surface area contributed by atoms with Crippen LogP contribution in [0, 0.1) is 5.92 Å². The van der Waals surface area contributed by atoms with Crippen LogP contribution in [0.1, 0.15) is 51.9 Å². The number of ether oxygens (including phenoxy) is 2. The monoisotopic (exact) mass is 411 g/mol. The molecule has 2 fully saturated rings. The standard InChI is InChI=1S/C25H33NO2S/c1-2-23-25(28-22-8-3-4-9-24(22)29-23)18-10-12-20(13-11-18)27-21-14-16-26(17-15-21)19-6-5-7-19/h3-4,8-10,12-13,18-19,21,23,25H,2,5-7,11,14-17H2,1H3/t18?,23-,25-/m0/s1. The van der Waals surface area contributed by atoms with E-state index in [4.69, 9.17) is 9.47 Å². The zero-order valence-corrected chi connectivity index (χ0v) is 18.3. The zero-order chi connectivity index (χ0) is 19.6. The average Bonchev–Trinajstić information content (AvgIpc) is 2.73. The van der Waals surface area contributed by atoms with Crippen LogP contribution in [-0.4, -0.2) is 41.5 Å². The van der Waals surface area contributed by atoms with E-state index < -0.39 is 0 Å². The number of benzene rings is 1. The Labute approximate surface area is 179 Å². The molecule has 0 aromatic heterocycles. The molecule has 1 saturated carbocycles. The van der Waals surface area contributed by atoms with Gasteiger partial charge in [0, 0.05) is 35.2 Å². The second-order valence-corrected chi connectivity index (χ2v) is 10.2. The minimum atomic E-state index is 0.236. The van der Waals surface area contributed by atoms with E-state index in [-0.39, 0.29) is 6.10 Å². The molecular formula is C25H33NO2S. The molecule has 1 aromatic carbocycles. The fraction of sp³-hybridized carbons (Fsp3) is 0.600. The van der Waals surface area contributed by atoms with Gasteiger partial charge in [-0.3, -0.25) is 0 Å². The zero-order valence-electron chi connectivity index (χ0n) is 17.5. The van der Waals surface area contributed by atoms with Gasteiger partial charge in [-0.05, 0) is 62.8 Å². The van der Waals surface area contributed by atoms with Crippen molar-refractivity contribution in [1.29, 1.82) is 0 Å². The first-order valence-corrected chi connectivity index (χ1v) is 12.4. The van der Waals surface area contributed by atoms with Crippen LogP contribution >= 0.6 is 11.8 Å². The second-order valence-electron chi connectivity index (χ2n) is 8.90. The third kappa shape index (κ3) is 4.25. The van der Waals surface area contributed by atoms with Gasteiger partial charge < -0.3 is 14.4 Å². The summed E-state index contributed by atoms with van der Waals surface area (Å²) in [7, 11) is 0. The van der Waals surface area contributed by atoms with Crippen LogP contribution in [-0.2, 0) is 4.74 Å². The summed E-state index contributed by atoms with van der Waals surface area (Å²) in [5.74, 6) is 2.54. The number of piperidine rings is 1. The molecule has 0 bridgehead atoms. The molecule has 3 atom stereocenters. The summed E-state index contributed by atoms with van der Waals surface area (Å²) in [5.41, 5.74) is 0. The van der Waals surface area contributed by atoms with Crippen molar-refractivity contribution >= 4 is 11.8 Å². The van der Waals surface area contributed by atoms with Gasteiger partial charge in [0.05, 0.1) is 0 Å². The molecule has 4 aliphatic rings. The lowest BCUT2D eigenvalue weighted by Crippen LogP contribution is -2.46. The van der Waals surface area contributed by atoms with Crippen LogP contribution in [0.2, 0.25) is 0 Å². The summed E-state index contributed by atoms with van der Waals surface area (Å²) in [6.45, 7) is 4.69. The first-order chi connectivity index (χ1) is 14.3. The van der Waals surface area contributed by atoms with Gasteiger partial charge in [-0.15, -0.1) is 11.8 Å². The fourth-order valence-electron chi connectivity index (χ4n) is 5.03. The Bertz CT molecular complexity index is 764. The molecule has 0 radical (unpaired) electrons. The van der Waals surface area contributed by atoms with Gasteiger partial charge in [0.2, 0.25) is 0 Å². The number of para-hydroxylation sites is 1. The lowest BCUT2D eigenvalue weighted by atomic mass is 9.89. The normalized spacial score (nSPS) is 30.8. The van der Waals surface area contributed by atoms with E-state index in [9.17, 15) is 0 Å². The first kappa shape index (κ1) is 19.6. The van der Waals surface area contributed by atoms with Crippen LogP contribution in [0.3, 0.4) is 0 Å². The molecule has 2 aliphatic heterocycles. The Morgan fingerprint density at radius 1 is 1.14 bits per heavy atom. The van der Waals surface area contributed by atoms with Crippen molar-refractivity contribution in [2.24, 2.45) is 5.92 Å². The molecule has 0 N–H and O–H groups in total. The highest BCUT2D eigenvalue weighted by molar-refractivity contribution is 8.00. The van der Waals surface area contributed by atoms with Crippen molar-refractivity contribution in [3.8, 4) is 5.75 Å². The lowest BCUT2D eigenvalue weighted by Gasteiger charge is -2.42. The Morgan fingerprint density at radius 3 is 2.66 bits per heavy atom. The van der Waals surface area contributed by atoms with Gasteiger partial charge in [0.1, 0.15) is 23.7 Å². The molecule has 0 amide bonds. The van der Waals surface area contributed by atoms with Crippen LogP contribution in [0.5, 0.6) is 5.75 Å². The average molecular weight is 412 g/mol. The predicted molar refractivity (Wildman–Crippen MR) is 119 cm³/mol. The van der Waals surface area contributed by atoms with Gasteiger partial charge in [-0.25, -0.2) is 0 Å². The summed E-state index contributed by atoms with van der Waals surface area (Å²) in [4.78, 5) is 3.97. The smallest absolute Gasteiger partial charge is 0.133 e. The summed E-state index contributed by atoms with van der Waals surface area (Å²) < 4.78 is 12.8. The molecule has 3 nitrogen and oxygen atoms in total. The van der Waals surface area contributed by atoms with Gasteiger partial charge in [-0.1, -0.05) is 31.6 Å². The van der Waals surface area contributed by atoms with Crippen molar-refractivity contribution in [3.05, 3.63) is 48.3 Å². The second kappa shape index (κ2) is 8.77. The van der Waals surface area contributed by atoms with E-state index in [1.165, 1.54) is 50.1 Å². The van der Waals surface area contributed by atoms with E-state index in [2.05, 4.69) is 54.3 Å². The molecule has 1 saturated heterocycles. The van der Waals surface area contributed by atoms with E-state index in [1.54, 1.807) is 0 Å². The van der Waals surface area contributed by atoms with Crippen LogP contribution in [0.4, 0.5) is 0 Å². The number of allylic oxidation sites excluding steroid dienone is 2. The quantitative estimate of drug-likeness (QED) is 0.609. The molecule has 4 heteroatoms. The molecule has 1 unspecified atom stereocenters. The van der Waals surface area contributed by atoms with E-state index in [0.717, 1.165) is 30.4 Å². The fourth-order valence-corrected chi connectivity index (χ4v) is 6.30. The molecule has 2 aliphatic carbocycles. The Kier molecular flexibility index (Phi) is 5.92. The van der Waals surface area contributed by atoms with Gasteiger partial charge >= 0.3 is 0 Å². The Morgan fingerprint density at radius 2 is 1.97 bits per heavy atom. The van der Waals surface area contributed by atoms with E-state index >= 15 is 0 Å². The van der Waals surface area contributed by atoms with Crippen LogP contribution < -0.4 is 4.74 Å². The predicted octanol–water partition coefficient (Wildman–Crippen LogP) is 5.81. The largest absolute Gasteiger partial charge is 0.491 e. The summed E-state index contributed by atoms with van der Waals surface area (Å²) in [6, 6.07) is 9.33. The SMILES string of the molecule is CC[C@@H]1Sc2ccccc2O[C@H]1C1C=CC(OC2CCN(C3CCC3)CC2)=CC1. The van der Waals surface area contributed by atoms with E-state index in [1.807, 2.05) is 11.8 Å². The van der Waals surface area contributed by atoms with Crippen molar-refractivity contribution in [3.63, 3.8) is 0 Å². The third-order valence-corrected chi connectivity index (χ3v) is 8.55. The molecule has 0 spiro atoms. The highest BCUT2D eigenvalue weighted by Crippen LogP contribution is 2.44. The third-order valence-electron chi connectivity index (χ3n) is 7.05. The summed E-state index contributed by atoms with van der Waals surface area (Å²) >= 11 is 1.98. The molecule has 5 rings (SSSR count). The van der Waals surface area contributed by atoms with Crippen molar-refractivity contribution in [2.45, 2.75) is 80.3 Å². The number of thioether (sulfide) groups is 1. The van der Waals surface area contributed by atoms with Crippen LogP contribution in [0.15, 0.2) is 53.1 Å². The first-order valence-electron chi connectivity index (χ1n) is 11.5. The minimum Gasteiger partial charge on any atom is -0.491 e. The van der Waals surface area contributed by atoms with Gasteiger partial charge in [-0.2, -0.15) is 0 Å². The maximum absolute atomic E-state index is 6.46. The van der Waals surface area contributed by atoms with Gasteiger partial charge in [0.25, 0.3) is 0 Å². The summed E-state index contributed by atoms with van der Waals surface area (Å²) in [6.07, 6.45) is 16.2. The molecule has 156 valence electrons. The number of hydrogen-bond acceptors (Lipinski definition) is 4. The van der Waals surface area contributed by atoms with E-state index in [0.29, 0.717) is 17.3 Å². The molecule has 29 heavy (non-hydrogen) atoms. The van der Waals surface area contributed by atoms with Gasteiger partial charge in [0.15, 0.2) is 0 Å². The molecule has 1 aromatic rings. The van der Waals surface area contributed by atoms with Crippen LogP contribution in [0.25, 0.3) is 0 Å². The highest BCUT2D eigenvalue weighted by atomic mass is 32.2. The molecular weight excluding hydrogens is 378 g/mol. The number of hydrogen-bond donors (Lipinski definition) is 0. The maximum atomic E-state index is 6.46.